The van der Waals surface area contributed by atoms with E-state index in [0.717, 1.165) is 0 Å². The van der Waals surface area contributed by atoms with Gasteiger partial charge in [0, 0.05) is 11.1 Å². The summed E-state index contributed by atoms with van der Waals surface area (Å²) in [6.45, 7) is 0. The second kappa shape index (κ2) is 5.51. The van der Waals surface area contributed by atoms with Gasteiger partial charge in [0.25, 0.3) is 10.0 Å². The van der Waals surface area contributed by atoms with Crippen molar-refractivity contribution in [2.24, 2.45) is 0 Å². The molecule has 0 atom stereocenters. The Morgan fingerprint density at radius 3 is 2.77 bits per heavy atom. The lowest BCUT2D eigenvalue weighted by molar-refractivity contribution is 0.403. The minimum absolute atomic E-state index is 0.0163. The van der Waals surface area contributed by atoms with Crippen molar-refractivity contribution in [3.05, 3.63) is 47.5 Å². The number of sulfonamides is 1. The molecule has 0 unspecified atom stereocenters. The second-order valence-corrected chi connectivity index (χ2v) is 6.52. The van der Waals surface area contributed by atoms with Crippen LogP contribution in [-0.4, -0.2) is 20.7 Å². The molecular formula is C14H11ClN2O4S. The van der Waals surface area contributed by atoms with Gasteiger partial charge in [-0.25, -0.2) is 8.42 Å². The summed E-state index contributed by atoms with van der Waals surface area (Å²) in [4.78, 5) is 0.0163. The average molecular weight is 339 g/mol. The van der Waals surface area contributed by atoms with Crippen LogP contribution in [-0.2, 0) is 10.0 Å². The quantitative estimate of drug-likeness (QED) is 0.789. The Balaban J connectivity index is 2.03. The Hall–Kier alpha value is -2.25. The number of halogens is 1. The van der Waals surface area contributed by atoms with E-state index in [9.17, 15) is 8.42 Å². The first kappa shape index (κ1) is 14.7. The van der Waals surface area contributed by atoms with Gasteiger partial charge in [-0.15, -0.1) is 0 Å². The number of methoxy groups -OCH3 is 1. The van der Waals surface area contributed by atoms with Crippen molar-refractivity contribution in [2.45, 2.75) is 4.90 Å². The zero-order chi connectivity index (χ0) is 15.7. The van der Waals surface area contributed by atoms with Gasteiger partial charge in [-0.3, -0.25) is 4.72 Å². The van der Waals surface area contributed by atoms with Gasteiger partial charge in [0.05, 0.1) is 12.5 Å². The fourth-order valence-corrected chi connectivity index (χ4v) is 3.36. The van der Waals surface area contributed by atoms with Crippen molar-refractivity contribution in [2.75, 3.05) is 11.8 Å². The van der Waals surface area contributed by atoms with Crippen LogP contribution in [0.4, 0.5) is 5.82 Å². The van der Waals surface area contributed by atoms with E-state index in [-0.39, 0.29) is 16.5 Å². The fraction of sp³-hybridized carbons (Fsp3) is 0.0714. The molecule has 0 amide bonds. The van der Waals surface area contributed by atoms with E-state index in [4.69, 9.17) is 20.9 Å². The van der Waals surface area contributed by atoms with Crippen molar-refractivity contribution in [1.82, 2.24) is 5.16 Å². The molecule has 1 heterocycles. The summed E-state index contributed by atoms with van der Waals surface area (Å²) in [6, 6.07) is 11.1. The number of hydrogen-bond donors (Lipinski definition) is 1. The maximum Gasteiger partial charge on any atom is 0.266 e. The fourth-order valence-electron chi connectivity index (χ4n) is 2.01. The average Bonchev–Trinajstić information content (AvgIpc) is 2.88. The Labute approximate surface area is 131 Å². The minimum Gasteiger partial charge on any atom is -0.495 e. The summed E-state index contributed by atoms with van der Waals surface area (Å²) in [6.07, 6.45) is 0. The van der Waals surface area contributed by atoms with Gasteiger partial charge in [0.15, 0.2) is 11.4 Å². The molecule has 0 radical (unpaired) electrons. The number of nitrogens with zero attached hydrogens (tertiary/aromatic N) is 1. The first-order valence-corrected chi connectivity index (χ1v) is 8.08. The molecule has 0 aliphatic heterocycles. The summed E-state index contributed by atoms with van der Waals surface area (Å²) >= 11 is 5.85. The van der Waals surface area contributed by atoms with Crippen LogP contribution in [0.25, 0.3) is 11.0 Å². The molecule has 3 rings (SSSR count). The van der Waals surface area contributed by atoms with Crippen LogP contribution in [0.5, 0.6) is 5.75 Å². The Kier molecular flexibility index (Phi) is 3.67. The number of rotatable bonds is 4. The molecule has 0 saturated carbocycles. The third-order valence-electron chi connectivity index (χ3n) is 3.02. The SMILES string of the molecule is COc1ccccc1S(=O)(=O)Nc1noc2cc(Cl)ccc12. The van der Waals surface area contributed by atoms with Gasteiger partial charge in [-0.05, 0) is 24.3 Å². The van der Waals surface area contributed by atoms with Gasteiger partial charge in [-0.2, -0.15) is 0 Å². The highest BCUT2D eigenvalue weighted by Crippen LogP contribution is 2.29. The van der Waals surface area contributed by atoms with Crippen LogP contribution in [0.1, 0.15) is 0 Å². The van der Waals surface area contributed by atoms with Crippen LogP contribution in [0, 0.1) is 0 Å². The van der Waals surface area contributed by atoms with Gasteiger partial charge in [0.1, 0.15) is 10.6 Å². The Bertz CT molecular complexity index is 937. The lowest BCUT2D eigenvalue weighted by Gasteiger charge is -2.09. The van der Waals surface area contributed by atoms with Crippen molar-refractivity contribution < 1.29 is 17.7 Å². The number of ether oxygens (including phenoxy) is 1. The summed E-state index contributed by atoms with van der Waals surface area (Å²) in [5.74, 6) is 0.336. The number of aromatic nitrogens is 1. The Morgan fingerprint density at radius 1 is 1.23 bits per heavy atom. The predicted octanol–water partition coefficient (Wildman–Crippen LogP) is 3.29. The van der Waals surface area contributed by atoms with Gasteiger partial charge < -0.3 is 9.26 Å². The molecule has 0 aliphatic carbocycles. The number of fused-ring (bicyclic) bond motifs is 1. The van der Waals surface area contributed by atoms with Crippen molar-refractivity contribution in [3.8, 4) is 5.75 Å². The molecule has 6 nitrogen and oxygen atoms in total. The number of benzene rings is 2. The normalized spacial score (nSPS) is 11.5. The first-order valence-electron chi connectivity index (χ1n) is 6.22. The number of anilines is 1. The zero-order valence-electron chi connectivity index (χ0n) is 11.4. The maximum absolute atomic E-state index is 12.5. The first-order chi connectivity index (χ1) is 10.5. The summed E-state index contributed by atoms with van der Waals surface area (Å²) in [5.41, 5.74) is 0.394. The zero-order valence-corrected chi connectivity index (χ0v) is 13.0. The highest BCUT2D eigenvalue weighted by atomic mass is 35.5. The molecule has 0 saturated heterocycles. The molecule has 2 aromatic carbocycles. The molecular weight excluding hydrogens is 328 g/mol. The third-order valence-corrected chi connectivity index (χ3v) is 4.64. The highest BCUT2D eigenvalue weighted by Gasteiger charge is 2.22. The molecule has 0 fully saturated rings. The lowest BCUT2D eigenvalue weighted by Crippen LogP contribution is -2.14. The molecule has 8 heteroatoms. The van der Waals surface area contributed by atoms with Crippen molar-refractivity contribution in [3.63, 3.8) is 0 Å². The molecule has 1 aromatic heterocycles. The minimum atomic E-state index is -3.86. The van der Waals surface area contributed by atoms with Crippen molar-refractivity contribution >= 4 is 38.4 Å². The summed E-state index contributed by atoms with van der Waals surface area (Å²) in [5, 5.41) is 4.73. The standard InChI is InChI=1S/C14H11ClN2O4S/c1-20-11-4-2-3-5-13(11)22(18,19)17-14-10-7-6-9(15)8-12(10)21-16-14/h2-8H,1H3,(H,16,17). The van der Waals surface area contributed by atoms with E-state index in [1.807, 2.05) is 0 Å². The molecule has 0 bridgehead atoms. The van der Waals surface area contributed by atoms with E-state index >= 15 is 0 Å². The highest BCUT2D eigenvalue weighted by molar-refractivity contribution is 7.92. The molecule has 22 heavy (non-hydrogen) atoms. The van der Waals surface area contributed by atoms with Crippen molar-refractivity contribution in [1.29, 1.82) is 0 Å². The maximum atomic E-state index is 12.5. The van der Waals surface area contributed by atoms with E-state index in [1.165, 1.54) is 13.2 Å². The molecule has 0 spiro atoms. The van der Waals surface area contributed by atoms with E-state index < -0.39 is 10.0 Å². The summed E-state index contributed by atoms with van der Waals surface area (Å²) < 4.78 is 37.5. The van der Waals surface area contributed by atoms with E-state index in [1.54, 1.807) is 36.4 Å². The van der Waals surface area contributed by atoms with E-state index in [0.29, 0.717) is 16.0 Å². The Morgan fingerprint density at radius 2 is 2.00 bits per heavy atom. The molecule has 1 N–H and O–H groups in total. The van der Waals surface area contributed by atoms with Gasteiger partial charge in [-0.1, -0.05) is 28.9 Å². The monoisotopic (exact) mass is 338 g/mol. The number of nitrogens with one attached hydrogen (secondary N) is 1. The second-order valence-electron chi connectivity index (χ2n) is 4.43. The van der Waals surface area contributed by atoms with Crippen LogP contribution < -0.4 is 9.46 Å². The molecule has 114 valence electrons. The molecule has 3 aromatic rings. The topological polar surface area (TPSA) is 81.4 Å². The number of hydrogen-bond acceptors (Lipinski definition) is 5. The largest absolute Gasteiger partial charge is 0.495 e. The van der Waals surface area contributed by atoms with Crippen LogP contribution in [0.15, 0.2) is 51.9 Å². The predicted molar refractivity (Wildman–Crippen MR) is 82.8 cm³/mol. The van der Waals surface area contributed by atoms with Gasteiger partial charge >= 0.3 is 0 Å². The third kappa shape index (κ3) is 2.60. The van der Waals surface area contributed by atoms with Crippen LogP contribution >= 0.6 is 11.6 Å². The summed E-state index contributed by atoms with van der Waals surface area (Å²) in [7, 11) is -2.45. The van der Waals surface area contributed by atoms with E-state index in [2.05, 4.69) is 9.88 Å². The van der Waals surface area contributed by atoms with Crippen LogP contribution in [0.2, 0.25) is 5.02 Å². The number of para-hydroxylation sites is 1. The van der Waals surface area contributed by atoms with Crippen LogP contribution in [0.3, 0.4) is 0 Å². The molecule has 0 aliphatic rings. The smallest absolute Gasteiger partial charge is 0.266 e. The lowest BCUT2D eigenvalue weighted by atomic mass is 10.2. The van der Waals surface area contributed by atoms with Gasteiger partial charge in [0.2, 0.25) is 0 Å².